The Balaban J connectivity index is 1.73. The molecule has 0 fully saturated rings. The van der Waals surface area contributed by atoms with Gasteiger partial charge in [0.2, 0.25) is 0 Å². The highest BCUT2D eigenvalue weighted by Gasteiger charge is 2.13. The third-order valence-corrected chi connectivity index (χ3v) is 5.14. The van der Waals surface area contributed by atoms with Gasteiger partial charge in [0.1, 0.15) is 18.2 Å². The van der Waals surface area contributed by atoms with Crippen molar-refractivity contribution in [1.29, 1.82) is 5.26 Å². The minimum absolute atomic E-state index is 0.108. The first-order valence-corrected chi connectivity index (χ1v) is 10.5. The summed E-state index contributed by atoms with van der Waals surface area (Å²) < 4.78 is 15.9. The van der Waals surface area contributed by atoms with E-state index in [0.717, 1.165) is 5.56 Å². The van der Waals surface area contributed by atoms with Crippen molar-refractivity contribution in [2.75, 3.05) is 19.5 Å². The Labute approximate surface area is 202 Å². The number of amides is 1. The van der Waals surface area contributed by atoms with Crippen LogP contribution in [0.5, 0.6) is 11.5 Å². The molecule has 0 spiro atoms. The van der Waals surface area contributed by atoms with E-state index in [1.54, 1.807) is 36.4 Å². The molecule has 0 aliphatic rings. The Hall–Kier alpha value is -4.28. The van der Waals surface area contributed by atoms with Crippen LogP contribution in [-0.2, 0) is 16.1 Å². The van der Waals surface area contributed by atoms with Crippen LogP contribution in [0.25, 0.3) is 6.08 Å². The van der Waals surface area contributed by atoms with E-state index in [4.69, 9.17) is 21.1 Å². The molecule has 0 saturated heterocycles. The highest BCUT2D eigenvalue weighted by molar-refractivity contribution is 6.31. The highest BCUT2D eigenvalue weighted by atomic mass is 35.5. The molecule has 3 aromatic carbocycles. The van der Waals surface area contributed by atoms with Gasteiger partial charge in [-0.15, -0.1) is 0 Å². The number of esters is 1. The van der Waals surface area contributed by atoms with Crippen molar-refractivity contribution < 1.29 is 23.8 Å². The molecule has 8 heteroatoms. The Morgan fingerprint density at radius 1 is 1.03 bits per heavy atom. The molecule has 3 aromatic rings. The van der Waals surface area contributed by atoms with E-state index in [2.05, 4.69) is 10.1 Å². The van der Waals surface area contributed by atoms with Crippen molar-refractivity contribution in [2.24, 2.45) is 0 Å². The number of nitriles is 1. The molecule has 7 nitrogen and oxygen atoms in total. The van der Waals surface area contributed by atoms with E-state index in [-0.39, 0.29) is 12.2 Å². The molecular weight excluding hydrogens is 456 g/mol. The molecule has 0 aliphatic heterocycles. The molecule has 0 unspecified atom stereocenters. The maximum atomic E-state index is 12.6. The Morgan fingerprint density at radius 3 is 2.41 bits per heavy atom. The molecular formula is C26H21ClN2O5. The van der Waals surface area contributed by atoms with Crippen LogP contribution in [0.3, 0.4) is 0 Å². The van der Waals surface area contributed by atoms with Crippen molar-refractivity contribution in [1.82, 2.24) is 0 Å². The molecule has 0 radical (unpaired) electrons. The summed E-state index contributed by atoms with van der Waals surface area (Å²) in [6.07, 6.45) is 1.44. The number of anilines is 1. The summed E-state index contributed by atoms with van der Waals surface area (Å²) in [4.78, 5) is 24.1. The number of nitrogens with zero attached hydrogens (tertiary/aromatic N) is 1. The average molecular weight is 477 g/mol. The second kappa shape index (κ2) is 11.5. The van der Waals surface area contributed by atoms with Gasteiger partial charge in [0.05, 0.1) is 19.8 Å². The lowest BCUT2D eigenvalue weighted by Gasteiger charge is -2.12. The van der Waals surface area contributed by atoms with Gasteiger partial charge in [0.25, 0.3) is 5.91 Å². The van der Waals surface area contributed by atoms with E-state index < -0.39 is 11.9 Å². The lowest BCUT2D eigenvalue weighted by molar-refractivity contribution is -0.112. The number of methoxy groups -OCH3 is 2. The van der Waals surface area contributed by atoms with Crippen LogP contribution in [0.2, 0.25) is 5.02 Å². The van der Waals surface area contributed by atoms with Crippen LogP contribution >= 0.6 is 11.6 Å². The molecule has 172 valence electrons. The number of carbonyl (C=O) groups is 2. The first-order chi connectivity index (χ1) is 16.4. The summed E-state index contributed by atoms with van der Waals surface area (Å²) in [7, 11) is 2.79. The third kappa shape index (κ3) is 6.15. The predicted molar refractivity (Wildman–Crippen MR) is 129 cm³/mol. The zero-order chi connectivity index (χ0) is 24.5. The maximum absolute atomic E-state index is 12.6. The molecule has 3 rings (SSSR count). The van der Waals surface area contributed by atoms with Crippen LogP contribution in [-0.4, -0.2) is 26.1 Å². The summed E-state index contributed by atoms with van der Waals surface area (Å²) in [5.74, 6) is -0.139. The quantitative estimate of drug-likeness (QED) is 0.270. The Morgan fingerprint density at radius 2 is 1.76 bits per heavy atom. The minimum atomic E-state index is -0.591. The first kappa shape index (κ1) is 24.4. The second-order valence-corrected chi connectivity index (χ2v) is 7.39. The van der Waals surface area contributed by atoms with Crippen LogP contribution < -0.4 is 14.8 Å². The van der Waals surface area contributed by atoms with Gasteiger partial charge >= 0.3 is 5.97 Å². The molecule has 0 aliphatic carbocycles. The Kier molecular flexibility index (Phi) is 8.27. The number of hydrogen-bond acceptors (Lipinski definition) is 6. The fraction of sp³-hybridized carbons (Fsp3) is 0.115. The van der Waals surface area contributed by atoms with Gasteiger partial charge in [0.15, 0.2) is 11.5 Å². The zero-order valence-electron chi connectivity index (χ0n) is 18.5. The van der Waals surface area contributed by atoms with Gasteiger partial charge < -0.3 is 19.5 Å². The van der Waals surface area contributed by atoms with Crippen LogP contribution in [0.15, 0.2) is 72.3 Å². The molecule has 34 heavy (non-hydrogen) atoms. The van der Waals surface area contributed by atoms with Gasteiger partial charge in [-0.3, -0.25) is 4.79 Å². The van der Waals surface area contributed by atoms with Crippen molar-refractivity contribution >= 4 is 35.2 Å². The third-order valence-electron chi connectivity index (χ3n) is 4.77. The second-order valence-electron chi connectivity index (χ2n) is 6.98. The molecule has 0 heterocycles. The molecule has 0 bridgehead atoms. The molecule has 0 saturated carbocycles. The predicted octanol–water partition coefficient (Wildman–Crippen LogP) is 5.26. The lowest BCUT2D eigenvalue weighted by atomic mass is 10.1. The number of ether oxygens (including phenoxy) is 3. The molecule has 1 amide bonds. The number of hydrogen-bond donors (Lipinski definition) is 1. The standard InChI is InChI=1S/C26H21ClN2O5/c1-32-24-14-17(7-12-23(24)34-16-19-5-3-4-6-22(19)27)13-20(15-28)25(30)29-21-10-8-18(9-11-21)26(31)33-2/h3-14H,16H2,1-2H3,(H,29,30)/b20-13+. The zero-order valence-corrected chi connectivity index (χ0v) is 19.3. The van der Waals surface area contributed by atoms with Gasteiger partial charge in [-0.25, -0.2) is 4.79 Å². The summed E-state index contributed by atoms with van der Waals surface area (Å²) in [6, 6.07) is 20.5. The normalized spacial score (nSPS) is 10.7. The number of halogens is 1. The Bertz CT molecular complexity index is 1260. The van der Waals surface area contributed by atoms with Gasteiger partial charge in [-0.2, -0.15) is 5.26 Å². The van der Waals surface area contributed by atoms with Crippen molar-refractivity contribution in [3.63, 3.8) is 0 Å². The van der Waals surface area contributed by atoms with E-state index in [9.17, 15) is 14.9 Å². The van der Waals surface area contributed by atoms with E-state index in [1.165, 1.54) is 32.4 Å². The van der Waals surface area contributed by atoms with Crippen LogP contribution in [0, 0.1) is 11.3 Å². The van der Waals surface area contributed by atoms with Gasteiger partial charge in [0, 0.05) is 16.3 Å². The number of carbonyl (C=O) groups excluding carboxylic acids is 2. The van der Waals surface area contributed by atoms with Crippen molar-refractivity contribution in [2.45, 2.75) is 6.61 Å². The average Bonchev–Trinajstić information content (AvgIpc) is 2.87. The number of benzene rings is 3. The number of nitrogens with one attached hydrogen (secondary N) is 1. The monoisotopic (exact) mass is 476 g/mol. The smallest absolute Gasteiger partial charge is 0.337 e. The topological polar surface area (TPSA) is 97.7 Å². The highest BCUT2D eigenvalue weighted by Crippen LogP contribution is 2.30. The van der Waals surface area contributed by atoms with Crippen LogP contribution in [0.1, 0.15) is 21.5 Å². The summed E-state index contributed by atoms with van der Waals surface area (Å²) in [5.41, 5.74) is 2.08. The maximum Gasteiger partial charge on any atom is 0.337 e. The minimum Gasteiger partial charge on any atom is -0.493 e. The SMILES string of the molecule is COC(=O)c1ccc(NC(=O)/C(C#N)=C/c2ccc(OCc3ccccc3Cl)c(OC)c2)cc1. The molecule has 0 aromatic heterocycles. The fourth-order valence-electron chi connectivity index (χ4n) is 2.99. The summed E-state index contributed by atoms with van der Waals surface area (Å²) >= 11 is 6.17. The van der Waals surface area contributed by atoms with Gasteiger partial charge in [-0.1, -0.05) is 35.9 Å². The van der Waals surface area contributed by atoms with Crippen molar-refractivity contribution in [3.8, 4) is 17.6 Å². The molecule has 0 atom stereocenters. The van der Waals surface area contributed by atoms with E-state index in [1.807, 2.05) is 24.3 Å². The van der Waals surface area contributed by atoms with Crippen LogP contribution in [0.4, 0.5) is 5.69 Å². The van der Waals surface area contributed by atoms with E-state index in [0.29, 0.717) is 33.3 Å². The van der Waals surface area contributed by atoms with Gasteiger partial charge in [-0.05, 0) is 54.1 Å². The van der Waals surface area contributed by atoms with E-state index >= 15 is 0 Å². The lowest BCUT2D eigenvalue weighted by Crippen LogP contribution is -2.13. The van der Waals surface area contributed by atoms with Crippen molar-refractivity contribution in [3.05, 3.63) is 94.0 Å². The molecule has 1 N–H and O–H groups in total. The first-order valence-electron chi connectivity index (χ1n) is 10.1. The number of rotatable bonds is 8. The fourth-order valence-corrected chi connectivity index (χ4v) is 3.18. The largest absolute Gasteiger partial charge is 0.493 e. The summed E-state index contributed by atoms with van der Waals surface area (Å²) in [6.45, 7) is 0.256. The summed E-state index contributed by atoms with van der Waals surface area (Å²) in [5, 5.41) is 12.7.